The molecule has 0 unspecified atom stereocenters. The summed E-state index contributed by atoms with van der Waals surface area (Å²) in [5.74, 6) is -2.83. The Bertz CT molecular complexity index is 2080. The van der Waals surface area contributed by atoms with Crippen molar-refractivity contribution in [3.63, 3.8) is 0 Å². The van der Waals surface area contributed by atoms with Crippen molar-refractivity contribution >= 4 is 45.4 Å². The summed E-state index contributed by atoms with van der Waals surface area (Å²) in [7, 11) is -1.89. The molecule has 0 bridgehead atoms. The monoisotopic (exact) mass is 823 g/mol. The molecule has 0 spiro atoms. The minimum Gasteiger partial charge on any atom is -0.444 e. The van der Waals surface area contributed by atoms with Gasteiger partial charge < -0.3 is 30.1 Å². The van der Waals surface area contributed by atoms with Crippen LogP contribution in [0, 0.1) is 17.2 Å². The number of nitrogens with one attached hydrogen (secondary N) is 3. The van der Waals surface area contributed by atoms with Crippen LogP contribution in [0.2, 0.25) is 0 Å². The maximum absolute atomic E-state index is 14.8. The third kappa shape index (κ3) is 8.51. The number of likely N-dealkylation sites (N-methyl/N-ethyl adjacent to an activating group) is 1. The van der Waals surface area contributed by atoms with E-state index in [-0.39, 0.29) is 44.3 Å². The number of sulfonamides is 1. The molecule has 5 aliphatic rings. The summed E-state index contributed by atoms with van der Waals surface area (Å²) in [5.41, 5.74) is -0.179. The number of piperazine rings is 1. The largest absolute Gasteiger partial charge is 0.444 e. The van der Waals surface area contributed by atoms with E-state index in [2.05, 4.69) is 20.3 Å². The lowest BCUT2D eigenvalue weighted by Gasteiger charge is -2.36. The molecular weight excluding hydrogens is 770 g/mol. The van der Waals surface area contributed by atoms with Gasteiger partial charge in [-0.2, -0.15) is 0 Å². The first-order chi connectivity index (χ1) is 27.4. The molecular formula is C41H54FN7O8S. The van der Waals surface area contributed by atoms with Crippen molar-refractivity contribution in [3.05, 3.63) is 65.0 Å². The number of nitrogens with zero attached hydrogens (tertiary/aromatic N) is 4. The van der Waals surface area contributed by atoms with Gasteiger partial charge in [-0.15, -0.1) is 0 Å². The van der Waals surface area contributed by atoms with Crippen molar-refractivity contribution in [2.24, 2.45) is 11.3 Å². The number of carbonyl (C=O) groups is 5. The van der Waals surface area contributed by atoms with Gasteiger partial charge >= 0.3 is 6.09 Å². The van der Waals surface area contributed by atoms with Gasteiger partial charge in [-0.05, 0) is 67.5 Å². The number of likely N-dealkylation sites (tertiary alicyclic amines) is 1. The Morgan fingerprint density at radius 1 is 0.983 bits per heavy atom. The number of carbonyl (C=O) groups excluding carboxylic acids is 5. The van der Waals surface area contributed by atoms with Crippen LogP contribution in [0.3, 0.4) is 0 Å². The number of anilines is 1. The molecule has 2 aromatic carbocycles. The van der Waals surface area contributed by atoms with Gasteiger partial charge in [0, 0.05) is 56.0 Å². The predicted octanol–water partition coefficient (Wildman–Crippen LogP) is 3.06. The molecule has 2 saturated carbocycles. The van der Waals surface area contributed by atoms with Gasteiger partial charge in [0.15, 0.2) is 0 Å². The van der Waals surface area contributed by atoms with Crippen molar-refractivity contribution in [2.75, 3.05) is 45.1 Å². The van der Waals surface area contributed by atoms with E-state index < -0.39 is 74.0 Å². The van der Waals surface area contributed by atoms with E-state index in [0.29, 0.717) is 54.7 Å². The highest BCUT2D eigenvalue weighted by atomic mass is 32.2. The summed E-state index contributed by atoms with van der Waals surface area (Å²) < 4.78 is 48.2. The maximum atomic E-state index is 14.8. The average Bonchev–Trinajstić information content (AvgIpc) is 4.07. The fourth-order valence-electron chi connectivity index (χ4n) is 8.31. The zero-order valence-electron chi connectivity index (χ0n) is 33.8. The lowest BCUT2D eigenvalue weighted by Crippen LogP contribution is -2.58. The van der Waals surface area contributed by atoms with Crippen LogP contribution >= 0.6 is 0 Å². The van der Waals surface area contributed by atoms with E-state index in [9.17, 15) is 36.8 Å². The number of amides is 5. The fourth-order valence-corrected chi connectivity index (χ4v) is 9.68. The molecule has 4 fully saturated rings. The van der Waals surface area contributed by atoms with Crippen molar-refractivity contribution in [1.82, 2.24) is 29.6 Å². The normalized spacial score (nSPS) is 25.1. The van der Waals surface area contributed by atoms with Gasteiger partial charge in [-0.25, -0.2) is 17.6 Å². The average molecular weight is 824 g/mol. The summed E-state index contributed by atoms with van der Waals surface area (Å²) in [6.45, 7) is 10.2. The highest BCUT2D eigenvalue weighted by Gasteiger charge is 2.62. The summed E-state index contributed by atoms with van der Waals surface area (Å²) in [5, 5.41) is 5.52. The lowest BCUT2D eigenvalue weighted by atomic mass is 9.85. The van der Waals surface area contributed by atoms with Crippen LogP contribution in [0.25, 0.3) is 0 Å². The van der Waals surface area contributed by atoms with E-state index >= 15 is 0 Å². The maximum Gasteiger partial charge on any atom is 0.410 e. The summed E-state index contributed by atoms with van der Waals surface area (Å²) in [6, 6.07) is 9.45. The van der Waals surface area contributed by atoms with Crippen molar-refractivity contribution < 1.29 is 41.5 Å². The molecule has 2 aliphatic carbocycles. The van der Waals surface area contributed by atoms with E-state index in [1.165, 1.54) is 15.9 Å². The molecule has 7 rings (SSSR count). The standard InChI is InChI=1S/C41H54FN7O8S/c1-6-27-21-41(27,38(53)45-58(55,56)30-13-14-30)44-35(50)33-20-29(57-39(54)48-22-26-10-8-12-32(42)31(26)24-48)23-49(33)37(52)34(40(2,3)4)43-28-11-7-9-25(19-28)36(51)47-17-15-46(5)16-18-47/h7-12,19,27,29-30,33-34,43H,6,13-18,20-24H2,1-5H3,(H,44,50)(H,45,53)/t27-,29-,33+,34-,41-/m1/s1. The van der Waals surface area contributed by atoms with Crippen LogP contribution in [0.4, 0.5) is 14.9 Å². The molecule has 2 saturated heterocycles. The molecule has 314 valence electrons. The van der Waals surface area contributed by atoms with Crippen molar-refractivity contribution in [3.8, 4) is 0 Å². The smallest absolute Gasteiger partial charge is 0.410 e. The Kier molecular flexibility index (Phi) is 11.3. The van der Waals surface area contributed by atoms with Gasteiger partial charge in [-0.1, -0.05) is 52.3 Å². The van der Waals surface area contributed by atoms with Crippen LogP contribution in [-0.4, -0.2) is 126 Å². The van der Waals surface area contributed by atoms with E-state index in [1.807, 2.05) is 34.7 Å². The predicted molar refractivity (Wildman–Crippen MR) is 212 cm³/mol. The zero-order chi connectivity index (χ0) is 41.7. The Hall–Kier alpha value is -4.77. The van der Waals surface area contributed by atoms with Crippen LogP contribution in [-0.2, 0) is 42.2 Å². The van der Waals surface area contributed by atoms with Gasteiger partial charge in [0.25, 0.3) is 11.8 Å². The molecule has 3 aliphatic heterocycles. The highest BCUT2D eigenvalue weighted by Crippen LogP contribution is 2.47. The molecule has 3 heterocycles. The summed E-state index contributed by atoms with van der Waals surface area (Å²) in [4.78, 5) is 76.5. The van der Waals surface area contributed by atoms with Gasteiger partial charge in [0.2, 0.25) is 21.8 Å². The topological polar surface area (TPSA) is 178 Å². The molecule has 58 heavy (non-hydrogen) atoms. The molecule has 3 N–H and O–H groups in total. The number of fused-ring (bicyclic) bond motifs is 1. The third-order valence-electron chi connectivity index (χ3n) is 12.2. The first kappa shape index (κ1) is 41.4. The molecule has 0 aromatic heterocycles. The molecule has 0 radical (unpaired) electrons. The molecule has 17 heteroatoms. The van der Waals surface area contributed by atoms with Crippen LogP contribution < -0.4 is 15.4 Å². The number of ether oxygens (including phenoxy) is 1. The second-order valence-corrected chi connectivity index (χ2v) is 19.5. The summed E-state index contributed by atoms with van der Waals surface area (Å²) >= 11 is 0. The number of rotatable bonds is 11. The minimum atomic E-state index is -3.90. The SMILES string of the molecule is CC[C@@H]1C[C@]1(NC(=O)[C@@H]1C[C@@H](OC(=O)N2Cc3cccc(F)c3C2)CN1C(=O)[C@@H](Nc1cccc(C(=O)N2CCN(C)CC2)c1)C(C)(C)C)C(=O)NS(=O)(=O)C1CC1. The molecule has 5 amide bonds. The van der Waals surface area contributed by atoms with Crippen molar-refractivity contribution in [1.29, 1.82) is 0 Å². The lowest BCUT2D eigenvalue weighted by molar-refractivity contribution is -0.141. The van der Waals surface area contributed by atoms with Gasteiger partial charge in [0.05, 0.1) is 18.3 Å². The Balaban J connectivity index is 1.12. The minimum absolute atomic E-state index is 0.00627. The highest BCUT2D eigenvalue weighted by molar-refractivity contribution is 7.91. The zero-order valence-corrected chi connectivity index (χ0v) is 34.6. The number of hydrogen-bond donors (Lipinski definition) is 3. The number of hydrogen-bond acceptors (Lipinski definition) is 10. The van der Waals surface area contributed by atoms with E-state index in [4.69, 9.17) is 4.74 Å². The van der Waals surface area contributed by atoms with Gasteiger partial charge in [-0.3, -0.25) is 28.8 Å². The molecule has 2 aromatic rings. The Morgan fingerprint density at radius 2 is 1.69 bits per heavy atom. The number of benzene rings is 2. The first-order valence-electron chi connectivity index (χ1n) is 20.1. The second kappa shape index (κ2) is 15.8. The van der Waals surface area contributed by atoms with Gasteiger partial charge in [0.1, 0.15) is 29.5 Å². The van der Waals surface area contributed by atoms with E-state index in [1.54, 1.807) is 41.3 Å². The summed E-state index contributed by atoms with van der Waals surface area (Å²) in [6.07, 6.45) is -0.132. The first-order valence-corrected chi connectivity index (χ1v) is 21.7. The van der Waals surface area contributed by atoms with Crippen molar-refractivity contribution in [2.45, 2.75) is 102 Å². The van der Waals surface area contributed by atoms with Crippen LogP contribution in [0.15, 0.2) is 42.5 Å². The second-order valence-electron chi connectivity index (χ2n) is 17.5. The van der Waals surface area contributed by atoms with Crippen LogP contribution in [0.1, 0.15) is 81.3 Å². The Morgan fingerprint density at radius 3 is 2.33 bits per heavy atom. The number of halogens is 1. The van der Waals surface area contributed by atoms with E-state index in [0.717, 1.165) is 13.1 Å². The molecule has 5 atom stereocenters. The third-order valence-corrected chi connectivity index (χ3v) is 14.0. The molecule has 15 nitrogen and oxygen atoms in total. The quantitative estimate of drug-likeness (QED) is 0.305. The van der Waals surface area contributed by atoms with Crippen LogP contribution in [0.5, 0.6) is 0 Å². The Labute approximate surface area is 339 Å². The fraction of sp³-hybridized carbons (Fsp3) is 0.585.